The molecule has 6 heteroatoms. The lowest BCUT2D eigenvalue weighted by Gasteiger charge is -2.10. The van der Waals surface area contributed by atoms with E-state index in [0.717, 1.165) is 17.7 Å². The maximum absolute atomic E-state index is 13.2. The zero-order valence-corrected chi connectivity index (χ0v) is 12.1. The highest BCUT2D eigenvalue weighted by Crippen LogP contribution is 2.25. The molecule has 3 nitrogen and oxygen atoms in total. The Balaban J connectivity index is 2.33. The molecule has 0 atom stereocenters. The molecule has 0 aliphatic rings. The molecule has 0 saturated heterocycles. The molecule has 0 radical (unpaired) electrons. The molecule has 0 unspecified atom stereocenters. The number of rotatable bonds is 2. The summed E-state index contributed by atoms with van der Waals surface area (Å²) in [6.07, 6.45) is 0. The van der Waals surface area contributed by atoms with Gasteiger partial charge in [0.15, 0.2) is 11.6 Å². The minimum absolute atomic E-state index is 0.114. The molecule has 0 fully saturated rings. The van der Waals surface area contributed by atoms with Crippen LogP contribution in [0.3, 0.4) is 0 Å². The van der Waals surface area contributed by atoms with E-state index in [4.69, 9.17) is 5.73 Å². The lowest BCUT2D eigenvalue weighted by molar-refractivity contribution is 0.102. The molecule has 3 N–H and O–H groups in total. The van der Waals surface area contributed by atoms with Crippen molar-refractivity contribution in [3.8, 4) is 0 Å². The van der Waals surface area contributed by atoms with Crippen LogP contribution in [0.1, 0.15) is 15.9 Å². The summed E-state index contributed by atoms with van der Waals surface area (Å²) in [6.45, 7) is 1.87. The number of amides is 1. The van der Waals surface area contributed by atoms with Crippen LogP contribution in [0.5, 0.6) is 0 Å². The zero-order chi connectivity index (χ0) is 14.9. The number of nitrogen functional groups attached to an aromatic ring is 1. The first-order valence-electron chi connectivity index (χ1n) is 5.70. The third kappa shape index (κ3) is 2.96. The Morgan fingerprint density at radius 2 is 1.85 bits per heavy atom. The Hall–Kier alpha value is -1.95. The molecule has 104 valence electrons. The quantitative estimate of drug-likeness (QED) is 0.815. The van der Waals surface area contributed by atoms with Gasteiger partial charge < -0.3 is 11.1 Å². The van der Waals surface area contributed by atoms with E-state index in [0.29, 0.717) is 10.2 Å². The Morgan fingerprint density at radius 1 is 1.20 bits per heavy atom. The number of benzene rings is 2. The summed E-state index contributed by atoms with van der Waals surface area (Å²) < 4.78 is 26.8. The molecule has 0 aliphatic carbocycles. The summed E-state index contributed by atoms with van der Waals surface area (Å²) in [4.78, 5) is 12.1. The molecule has 0 aromatic heterocycles. The fourth-order valence-electron chi connectivity index (χ4n) is 1.68. The van der Waals surface area contributed by atoms with Gasteiger partial charge in [0, 0.05) is 16.2 Å². The zero-order valence-electron chi connectivity index (χ0n) is 10.5. The van der Waals surface area contributed by atoms with E-state index in [9.17, 15) is 13.6 Å². The Kier molecular flexibility index (Phi) is 4.04. The van der Waals surface area contributed by atoms with Gasteiger partial charge in [-0.25, -0.2) is 8.78 Å². The van der Waals surface area contributed by atoms with Crippen molar-refractivity contribution in [3.63, 3.8) is 0 Å². The number of hydrogen-bond acceptors (Lipinski definition) is 2. The third-order valence-corrected chi connectivity index (χ3v) is 3.40. The third-order valence-electron chi connectivity index (χ3n) is 2.71. The van der Waals surface area contributed by atoms with Crippen molar-refractivity contribution in [1.29, 1.82) is 0 Å². The van der Waals surface area contributed by atoms with Gasteiger partial charge in [0.25, 0.3) is 5.91 Å². The van der Waals surface area contributed by atoms with E-state index >= 15 is 0 Å². The lowest BCUT2D eigenvalue weighted by Crippen LogP contribution is -2.15. The molecular formula is C14H11BrF2N2O. The molecule has 2 rings (SSSR count). The lowest BCUT2D eigenvalue weighted by atomic mass is 10.1. The van der Waals surface area contributed by atoms with E-state index in [1.54, 1.807) is 12.1 Å². The van der Waals surface area contributed by atoms with Gasteiger partial charge in [-0.15, -0.1) is 0 Å². The van der Waals surface area contributed by atoms with Gasteiger partial charge in [-0.3, -0.25) is 4.79 Å². The van der Waals surface area contributed by atoms with Crippen LogP contribution in [0.2, 0.25) is 0 Å². The number of carbonyl (C=O) groups is 1. The van der Waals surface area contributed by atoms with Gasteiger partial charge in [-0.2, -0.15) is 0 Å². The van der Waals surface area contributed by atoms with E-state index < -0.39 is 17.5 Å². The summed E-state index contributed by atoms with van der Waals surface area (Å²) in [7, 11) is 0. The second-order valence-corrected chi connectivity index (χ2v) is 5.15. The van der Waals surface area contributed by atoms with Gasteiger partial charge in [-0.05, 0) is 46.6 Å². The van der Waals surface area contributed by atoms with Gasteiger partial charge in [0.05, 0.1) is 11.3 Å². The molecule has 2 aromatic carbocycles. The minimum Gasteiger partial charge on any atom is -0.398 e. The highest BCUT2D eigenvalue weighted by Gasteiger charge is 2.15. The predicted octanol–water partition coefficient (Wildman–Crippen LogP) is 3.87. The number of anilines is 2. The minimum atomic E-state index is -1.12. The summed E-state index contributed by atoms with van der Waals surface area (Å²) in [5.74, 6) is -2.81. The van der Waals surface area contributed by atoms with Gasteiger partial charge in [0.1, 0.15) is 0 Å². The first-order chi connectivity index (χ1) is 9.38. The van der Waals surface area contributed by atoms with Crippen molar-refractivity contribution in [1.82, 2.24) is 0 Å². The normalized spacial score (nSPS) is 10.4. The van der Waals surface area contributed by atoms with Crippen LogP contribution in [-0.2, 0) is 0 Å². The van der Waals surface area contributed by atoms with Crippen LogP contribution in [0.4, 0.5) is 20.2 Å². The fourth-order valence-corrected chi connectivity index (χ4v) is 2.03. The smallest absolute Gasteiger partial charge is 0.257 e. The SMILES string of the molecule is Cc1ccc(Br)c(NC(=O)c2cc(F)c(F)cc2N)c1. The van der Waals surface area contributed by atoms with E-state index in [2.05, 4.69) is 21.2 Å². The van der Waals surface area contributed by atoms with Gasteiger partial charge in [0.2, 0.25) is 0 Å². The highest BCUT2D eigenvalue weighted by molar-refractivity contribution is 9.10. The van der Waals surface area contributed by atoms with E-state index in [1.807, 2.05) is 13.0 Å². The van der Waals surface area contributed by atoms with Crippen molar-refractivity contribution < 1.29 is 13.6 Å². The Labute approximate surface area is 122 Å². The number of nitrogens with two attached hydrogens (primary N) is 1. The number of halogens is 3. The standard InChI is InChI=1S/C14H11BrF2N2O/c1-7-2-3-9(15)13(4-7)19-14(20)8-5-10(16)11(17)6-12(8)18/h2-6H,18H2,1H3,(H,19,20). The molecule has 0 aliphatic heterocycles. The van der Waals surface area contributed by atoms with E-state index in [-0.39, 0.29) is 11.3 Å². The first-order valence-corrected chi connectivity index (χ1v) is 6.50. The molecule has 0 heterocycles. The van der Waals surface area contributed by atoms with Crippen LogP contribution < -0.4 is 11.1 Å². The molecule has 20 heavy (non-hydrogen) atoms. The molecule has 0 saturated carbocycles. The number of aryl methyl sites for hydroxylation is 1. The number of nitrogens with one attached hydrogen (secondary N) is 1. The summed E-state index contributed by atoms with van der Waals surface area (Å²) in [5, 5.41) is 2.60. The van der Waals surface area contributed by atoms with Crippen LogP contribution >= 0.6 is 15.9 Å². The van der Waals surface area contributed by atoms with Gasteiger partial charge >= 0.3 is 0 Å². The average molecular weight is 341 g/mol. The topological polar surface area (TPSA) is 55.1 Å². The van der Waals surface area contributed by atoms with Crippen molar-refractivity contribution >= 4 is 33.2 Å². The van der Waals surface area contributed by atoms with Crippen LogP contribution in [0, 0.1) is 18.6 Å². The second kappa shape index (κ2) is 5.58. The average Bonchev–Trinajstić information content (AvgIpc) is 2.38. The Bertz CT molecular complexity index is 689. The summed E-state index contributed by atoms with van der Waals surface area (Å²) in [6, 6.07) is 6.96. The number of carbonyl (C=O) groups excluding carboxylic acids is 1. The summed E-state index contributed by atoms with van der Waals surface area (Å²) in [5.41, 5.74) is 6.77. The first kappa shape index (κ1) is 14.5. The van der Waals surface area contributed by atoms with Crippen molar-refractivity contribution in [2.75, 3.05) is 11.1 Å². The molecule has 2 aromatic rings. The number of hydrogen-bond donors (Lipinski definition) is 2. The van der Waals surface area contributed by atoms with Crippen molar-refractivity contribution in [2.24, 2.45) is 0 Å². The molecular weight excluding hydrogens is 330 g/mol. The molecule has 1 amide bonds. The van der Waals surface area contributed by atoms with Gasteiger partial charge in [-0.1, -0.05) is 6.07 Å². The van der Waals surface area contributed by atoms with Crippen molar-refractivity contribution in [2.45, 2.75) is 6.92 Å². The van der Waals surface area contributed by atoms with Crippen LogP contribution in [0.15, 0.2) is 34.8 Å². The van der Waals surface area contributed by atoms with Crippen LogP contribution in [-0.4, -0.2) is 5.91 Å². The molecule has 0 spiro atoms. The maximum atomic E-state index is 13.2. The summed E-state index contributed by atoms with van der Waals surface area (Å²) >= 11 is 3.30. The fraction of sp³-hybridized carbons (Fsp3) is 0.0714. The van der Waals surface area contributed by atoms with Crippen molar-refractivity contribution in [3.05, 3.63) is 57.6 Å². The maximum Gasteiger partial charge on any atom is 0.257 e. The largest absolute Gasteiger partial charge is 0.398 e. The predicted molar refractivity (Wildman–Crippen MR) is 77.6 cm³/mol. The second-order valence-electron chi connectivity index (χ2n) is 4.29. The molecule has 0 bridgehead atoms. The Morgan fingerprint density at radius 3 is 2.55 bits per heavy atom. The highest BCUT2D eigenvalue weighted by atomic mass is 79.9. The van der Waals surface area contributed by atoms with Crippen LogP contribution in [0.25, 0.3) is 0 Å². The monoisotopic (exact) mass is 340 g/mol. The van der Waals surface area contributed by atoms with E-state index in [1.165, 1.54) is 0 Å².